The average molecular weight is 516 g/mol. The van der Waals surface area contributed by atoms with Gasteiger partial charge in [-0.3, -0.25) is 0 Å². The molecule has 0 aliphatic rings. The lowest BCUT2D eigenvalue weighted by molar-refractivity contribution is 0.560. The Morgan fingerprint density at radius 1 is 0.795 bits per heavy atom. The summed E-state index contributed by atoms with van der Waals surface area (Å²) in [6, 6.07) is 22.1. The summed E-state index contributed by atoms with van der Waals surface area (Å²) in [5.74, 6) is 2.49. The predicted octanol–water partition coefficient (Wildman–Crippen LogP) is 10.5. The Labute approximate surface area is 230 Å². The molecular weight excluding hydrogens is 478 g/mol. The molecule has 39 heavy (non-hydrogen) atoms. The molecule has 3 aromatic heterocycles. The van der Waals surface area contributed by atoms with Crippen LogP contribution in [-0.4, -0.2) is 4.98 Å². The molecule has 3 heterocycles. The molecule has 0 saturated heterocycles. The molecule has 3 nitrogen and oxygen atoms in total. The van der Waals surface area contributed by atoms with Gasteiger partial charge in [0.15, 0.2) is 0 Å². The first-order valence-corrected chi connectivity index (χ1v) is 14.0. The fourth-order valence-corrected chi connectivity index (χ4v) is 5.91. The number of benzene rings is 3. The van der Waals surface area contributed by atoms with Crippen LogP contribution in [0.25, 0.3) is 55.2 Å². The Kier molecular flexibility index (Phi) is 5.95. The van der Waals surface area contributed by atoms with E-state index in [9.17, 15) is 0 Å². The minimum Gasteiger partial charge on any atom is -0.461 e. The maximum atomic E-state index is 6.29. The van der Waals surface area contributed by atoms with Crippen LogP contribution in [0, 0.1) is 26.7 Å². The number of aryl methyl sites for hydroxylation is 3. The van der Waals surface area contributed by atoms with Crippen LogP contribution in [0.15, 0.2) is 69.5 Å². The third-order valence-electron chi connectivity index (χ3n) is 8.02. The smallest absolute Gasteiger partial charge is 0.227 e. The Balaban J connectivity index is 1.60. The zero-order valence-corrected chi connectivity index (χ0v) is 24.3. The standard InChI is InChI=1S/C36H37NO2/c1-20(2)15-29-23(5)38-33-18-25(13-14-28(29)33)30-19-32(37-35-34(30)21(3)22(4)39-35)26-16-24-11-9-10-12-27(24)31(17-26)36(6,7)8/h9-14,16-20H,15H2,1-8H3. The molecule has 0 unspecified atom stereocenters. The maximum absolute atomic E-state index is 6.29. The lowest BCUT2D eigenvalue weighted by atomic mass is 9.82. The summed E-state index contributed by atoms with van der Waals surface area (Å²) in [4.78, 5) is 5.07. The largest absolute Gasteiger partial charge is 0.461 e. The van der Waals surface area contributed by atoms with Crippen LogP contribution >= 0.6 is 0 Å². The second kappa shape index (κ2) is 9.12. The number of aromatic nitrogens is 1. The van der Waals surface area contributed by atoms with E-state index in [1.54, 1.807) is 0 Å². The van der Waals surface area contributed by atoms with E-state index < -0.39 is 0 Å². The van der Waals surface area contributed by atoms with Crippen molar-refractivity contribution in [2.45, 2.75) is 67.2 Å². The number of hydrogen-bond acceptors (Lipinski definition) is 3. The summed E-state index contributed by atoms with van der Waals surface area (Å²) in [6.07, 6.45) is 1.01. The lowest BCUT2D eigenvalue weighted by Crippen LogP contribution is -2.12. The van der Waals surface area contributed by atoms with Gasteiger partial charge < -0.3 is 8.83 Å². The summed E-state index contributed by atoms with van der Waals surface area (Å²) in [7, 11) is 0. The van der Waals surface area contributed by atoms with E-state index in [2.05, 4.69) is 109 Å². The summed E-state index contributed by atoms with van der Waals surface area (Å²) in [5.41, 5.74) is 9.62. The van der Waals surface area contributed by atoms with Gasteiger partial charge in [-0.25, -0.2) is 4.98 Å². The fraction of sp³-hybridized carbons (Fsp3) is 0.306. The SMILES string of the molecule is Cc1oc2cc(-c3cc(-c4cc(C(C)(C)C)c5ccccc5c4)nc4oc(C)c(C)c34)ccc2c1CC(C)C. The number of fused-ring (bicyclic) bond motifs is 3. The molecule has 0 amide bonds. The first kappa shape index (κ1) is 25.4. The van der Waals surface area contributed by atoms with Crippen molar-refractivity contribution in [3.63, 3.8) is 0 Å². The zero-order valence-electron chi connectivity index (χ0n) is 24.3. The third kappa shape index (κ3) is 4.34. The highest BCUT2D eigenvalue weighted by atomic mass is 16.3. The van der Waals surface area contributed by atoms with Crippen LogP contribution in [0.2, 0.25) is 0 Å². The van der Waals surface area contributed by atoms with Crippen molar-refractivity contribution >= 4 is 32.8 Å². The monoisotopic (exact) mass is 515 g/mol. The van der Waals surface area contributed by atoms with Crippen molar-refractivity contribution < 1.29 is 8.83 Å². The van der Waals surface area contributed by atoms with Gasteiger partial charge >= 0.3 is 0 Å². The number of hydrogen-bond donors (Lipinski definition) is 0. The number of pyridine rings is 1. The van der Waals surface area contributed by atoms with Crippen LogP contribution < -0.4 is 0 Å². The quantitative estimate of drug-likeness (QED) is 0.234. The molecule has 198 valence electrons. The van der Waals surface area contributed by atoms with Crippen LogP contribution in [0.5, 0.6) is 0 Å². The van der Waals surface area contributed by atoms with E-state index in [0.29, 0.717) is 11.6 Å². The topological polar surface area (TPSA) is 39.2 Å². The molecule has 6 rings (SSSR count). The van der Waals surface area contributed by atoms with Crippen molar-refractivity contribution in [2.24, 2.45) is 5.92 Å². The molecule has 0 bridgehead atoms. The Hall–Kier alpha value is -3.85. The summed E-state index contributed by atoms with van der Waals surface area (Å²) < 4.78 is 12.5. The van der Waals surface area contributed by atoms with Gasteiger partial charge in [0.25, 0.3) is 0 Å². The van der Waals surface area contributed by atoms with Gasteiger partial charge in [0, 0.05) is 22.1 Å². The van der Waals surface area contributed by atoms with E-state index in [0.717, 1.165) is 56.9 Å². The molecule has 0 atom stereocenters. The minimum absolute atomic E-state index is 0.00369. The number of nitrogens with zero attached hydrogens (tertiary/aromatic N) is 1. The van der Waals surface area contributed by atoms with Crippen molar-refractivity contribution in [2.75, 3.05) is 0 Å². The molecule has 6 aromatic rings. The van der Waals surface area contributed by atoms with Gasteiger partial charge in [-0.1, -0.05) is 71.0 Å². The molecule has 0 saturated carbocycles. The molecule has 0 aliphatic carbocycles. The summed E-state index contributed by atoms with van der Waals surface area (Å²) in [6.45, 7) is 17.5. The Morgan fingerprint density at radius 3 is 2.31 bits per heavy atom. The highest BCUT2D eigenvalue weighted by molar-refractivity contribution is 6.00. The zero-order chi connectivity index (χ0) is 27.6. The van der Waals surface area contributed by atoms with Gasteiger partial charge in [0.1, 0.15) is 17.1 Å². The molecular formula is C36H37NO2. The van der Waals surface area contributed by atoms with E-state index in [1.165, 1.54) is 27.3 Å². The Bertz CT molecular complexity index is 1870. The van der Waals surface area contributed by atoms with Gasteiger partial charge in [-0.15, -0.1) is 0 Å². The van der Waals surface area contributed by atoms with Gasteiger partial charge in [-0.05, 0) is 90.3 Å². The molecule has 0 radical (unpaired) electrons. The van der Waals surface area contributed by atoms with E-state index in [4.69, 9.17) is 13.8 Å². The minimum atomic E-state index is -0.00369. The normalized spacial score (nSPS) is 12.4. The first-order valence-electron chi connectivity index (χ1n) is 14.0. The molecule has 3 heteroatoms. The van der Waals surface area contributed by atoms with Crippen molar-refractivity contribution in [3.8, 4) is 22.4 Å². The van der Waals surface area contributed by atoms with E-state index >= 15 is 0 Å². The lowest BCUT2D eigenvalue weighted by Gasteiger charge is -2.23. The number of rotatable bonds is 4. The van der Waals surface area contributed by atoms with Gasteiger partial charge in [0.2, 0.25) is 5.71 Å². The average Bonchev–Trinajstić information content (AvgIpc) is 3.35. The second-order valence-electron chi connectivity index (χ2n) is 12.5. The van der Waals surface area contributed by atoms with Crippen molar-refractivity contribution in [3.05, 3.63) is 88.9 Å². The van der Waals surface area contributed by atoms with Crippen LogP contribution in [0.4, 0.5) is 0 Å². The molecule has 3 aromatic carbocycles. The van der Waals surface area contributed by atoms with E-state index in [-0.39, 0.29) is 5.41 Å². The third-order valence-corrected chi connectivity index (χ3v) is 8.02. The van der Waals surface area contributed by atoms with Gasteiger partial charge in [0.05, 0.1) is 11.1 Å². The second-order valence-corrected chi connectivity index (χ2v) is 12.5. The molecule has 0 N–H and O–H groups in total. The number of furan rings is 2. The van der Waals surface area contributed by atoms with Gasteiger partial charge in [-0.2, -0.15) is 0 Å². The predicted molar refractivity (Wildman–Crippen MR) is 164 cm³/mol. The summed E-state index contributed by atoms with van der Waals surface area (Å²) >= 11 is 0. The summed E-state index contributed by atoms with van der Waals surface area (Å²) in [5, 5.41) is 4.79. The van der Waals surface area contributed by atoms with Crippen LogP contribution in [-0.2, 0) is 11.8 Å². The highest BCUT2D eigenvalue weighted by Crippen LogP contribution is 2.40. The van der Waals surface area contributed by atoms with Crippen molar-refractivity contribution in [1.29, 1.82) is 0 Å². The van der Waals surface area contributed by atoms with Crippen molar-refractivity contribution in [1.82, 2.24) is 4.98 Å². The van der Waals surface area contributed by atoms with E-state index in [1.807, 2.05) is 6.92 Å². The fourth-order valence-electron chi connectivity index (χ4n) is 5.91. The first-order chi connectivity index (χ1) is 18.5. The molecule has 0 spiro atoms. The van der Waals surface area contributed by atoms with Crippen LogP contribution in [0.1, 0.15) is 62.8 Å². The molecule has 0 fully saturated rings. The highest BCUT2D eigenvalue weighted by Gasteiger charge is 2.22. The Morgan fingerprint density at radius 2 is 1.56 bits per heavy atom. The maximum Gasteiger partial charge on any atom is 0.227 e. The molecule has 0 aliphatic heterocycles. The van der Waals surface area contributed by atoms with Crippen LogP contribution in [0.3, 0.4) is 0 Å².